The zero-order chi connectivity index (χ0) is 29.5. The largest absolute Gasteiger partial charge is 0.493 e. The van der Waals surface area contributed by atoms with Gasteiger partial charge in [0.25, 0.3) is 14.2 Å². The zero-order valence-corrected chi connectivity index (χ0v) is 26.4. The number of hydrogen-bond donors (Lipinski definition) is 1. The van der Waals surface area contributed by atoms with Crippen LogP contribution in [-0.2, 0) is 9.22 Å². The van der Waals surface area contributed by atoms with E-state index in [0.29, 0.717) is 29.5 Å². The molecule has 4 rings (SSSR count). The van der Waals surface area contributed by atoms with Gasteiger partial charge in [0.2, 0.25) is 0 Å². The van der Waals surface area contributed by atoms with Gasteiger partial charge in [-0.05, 0) is 65.7 Å². The third kappa shape index (κ3) is 7.29. The van der Waals surface area contributed by atoms with Crippen molar-refractivity contribution in [3.8, 4) is 5.75 Å². The lowest BCUT2D eigenvalue weighted by molar-refractivity contribution is -0.123. The van der Waals surface area contributed by atoms with Crippen molar-refractivity contribution in [1.82, 2.24) is 5.32 Å². The van der Waals surface area contributed by atoms with Crippen LogP contribution in [-0.4, -0.2) is 39.8 Å². The molecule has 0 aromatic heterocycles. The minimum Gasteiger partial charge on any atom is -0.493 e. The lowest BCUT2D eigenvalue weighted by atomic mass is 9.79. The molecule has 7 heteroatoms. The predicted octanol–water partition coefficient (Wildman–Crippen LogP) is 6.42. The molecule has 0 heterocycles. The molecule has 3 aromatic rings. The molecule has 0 radical (unpaired) electrons. The van der Waals surface area contributed by atoms with Crippen LogP contribution in [0.5, 0.6) is 5.75 Å². The van der Waals surface area contributed by atoms with E-state index in [2.05, 4.69) is 86.8 Å². The van der Waals surface area contributed by atoms with Gasteiger partial charge >= 0.3 is 0 Å². The second-order valence-electron chi connectivity index (χ2n) is 11.9. The first kappa shape index (κ1) is 31.0. The summed E-state index contributed by atoms with van der Waals surface area (Å²) in [6.07, 6.45) is 3.62. The standard InChI is InChI=1S/C34H42ClNO4Si/c1-5-39-32-20-19-27(35)22-30(32)33(38)36-23-31(37)26-14-12-13-25(21-26)24-40-41(34(2,3)4,28-15-8-6-9-16-28)29-17-10-7-11-18-29/h6-11,15-20,22,25-26H,5,12-14,21,23-24H2,1-4H3,(H,36,38)/t25-,26+/m1/s1. The number of nitrogens with one attached hydrogen (secondary N) is 1. The van der Waals surface area contributed by atoms with E-state index in [-0.39, 0.29) is 35.1 Å². The highest BCUT2D eigenvalue weighted by Crippen LogP contribution is 2.38. The van der Waals surface area contributed by atoms with Gasteiger partial charge in [0, 0.05) is 17.5 Å². The normalized spacial score (nSPS) is 17.6. The van der Waals surface area contributed by atoms with Gasteiger partial charge < -0.3 is 14.5 Å². The molecule has 2 atom stereocenters. The van der Waals surface area contributed by atoms with Gasteiger partial charge in [-0.1, -0.05) is 99.5 Å². The number of Topliss-reactive ketones (excluding diaryl/α,β-unsaturated/α-hetero) is 1. The summed E-state index contributed by atoms with van der Waals surface area (Å²) in [6.45, 7) is 9.74. The molecule has 1 aliphatic rings. The van der Waals surface area contributed by atoms with Crippen LogP contribution in [0, 0.1) is 11.8 Å². The fraction of sp³-hybridized carbons (Fsp3) is 0.412. The maximum atomic E-state index is 13.3. The minimum atomic E-state index is -2.63. The summed E-state index contributed by atoms with van der Waals surface area (Å²) in [7, 11) is -2.63. The summed E-state index contributed by atoms with van der Waals surface area (Å²) in [4.78, 5) is 26.2. The second kappa shape index (κ2) is 13.8. The van der Waals surface area contributed by atoms with Gasteiger partial charge in [0.05, 0.1) is 18.7 Å². The number of amides is 1. The van der Waals surface area contributed by atoms with Crippen molar-refractivity contribution in [2.24, 2.45) is 11.8 Å². The summed E-state index contributed by atoms with van der Waals surface area (Å²) in [5, 5.41) is 5.68. The number of rotatable bonds is 11. The Balaban J connectivity index is 1.44. The van der Waals surface area contributed by atoms with Crippen LogP contribution in [0.25, 0.3) is 0 Å². The number of carbonyl (C=O) groups is 2. The van der Waals surface area contributed by atoms with E-state index in [0.717, 1.165) is 25.7 Å². The SMILES string of the molecule is CCOc1ccc(Cl)cc1C(=O)NCC(=O)[C@H]1CCC[C@@H](CO[Si](c2ccccc2)(c2ccccc2)C(C)(C)C)C1. The molecule has 41 heavy (non-hydrogen) atoms. The Morgan fingerprint density at radius 3 is 2.17 bits per heavy atom. The Morgan fingerprint density at radius 1 is 0.951 bits per heavy atom. The van der Waals surface area contributed by atoms with Crippen LogP contribution < -0.4 is 20.4 Å². The summed E-state index contributed by atoms with van der Waals surface area (Å²) >= 11 is 6.12. The molecule has 0 unspecified atom stereocenters. The molecule has 0 spiro atoms. The van der Waals surface area contributed by atoms with Crippen molar-refractivity contribution in [3.05, 3.63) is 89.4 Å². The lowest BCUT2D eigenvalue weighted by Gasteiger charge is -2.44. The molecule has 1 saturated carbocycles. The second-order valence-corrected chi connectivity index (χ2v) is 16.7. The monoisotopic (exact) mass is 591 g/mol. The van der Waals surface area contributed by atoms with E-state index >= 15 is 0 Å². The van der Waals surface area contributed by atoms with Crippen molar-refractivity contribution in [1.29, 1.82) is 0 Å². The molecule has 5 nitrogen and oxygen atoms in total. The molecule has 0 saturated heterocycles. The number of halogens is 1. The molecule has 1 aliphatic carbocycles. The van der Waals surface area contributed by atoms with E-state index in [4.69, 9.17) is 20.8 Å². The van der Waals surface area contributed by atoms with Gasteiger partial charge in [0.15, 0.2) is 5.78 Å². The molecule has 1 fully saturated rings. The number of benzene rings is 3. The maximum absolute atomic E-state index is 13.3. The third-order valence-corrected chi connectivity index (χ3v) is 13.3. The summed E-state index contributed by atoms with van der Waals surface area (Å²) in [6, 6.07) is 26.3. The zero-order valence-electron chi connectivity index (χ0n) is 24.6. The van der Waals surface area contributed by atoms with Crippen molar-refractivity contribution >= 4 is 42.0 Å². The van der Waals surface area contributed by atoms with Gasteiger partial charge in [-0.2, -0.15) is 0 Å². The van der Waals surface area contributed by atoms with Crippen LogP contribution >= 0.6 is 11.6 Å². The van der Waals surface area contributed by atoms with Crippen molar-refractivity contribution in [2.45, 2.75) is 58.4 Å². The van der Waals surface area contributed by atoms with Crippen LogP contribution in [0.15, 0.2) is 78.9 Å². The first-order valence-electron chi connectivity index (χ1n) is 14.6. The molecule has 1 amide bonds. The highest BCUT2D eigenvalue weighted by atomic mass is 35.5. The topological polar surface area (TPSA) is 64.6 Å². The number of ketones is 1. The first-order valence-corrected chi connectivity index (χ1v) is 16.9. The van der Waals surface area contributed by atoms with E-state index in [1.54, 1.807) is 18.2 Å². The van der Waals surface area contributed by atoms with Crippen molar-refractivity contribution < 1.29 is 18.8 Å². The molecule has 0 bridgehead atoms. The van der Waals surface area contributed by atoms with Crippen molar-refractivity contribution in [2.75, 3.05) is 19.8 Å². The highest BCUT2D eigenvalue weighted by molar-refractivity contribution is 6.99. The third-order valence-electron chi connectivity index (χ3n) is 8.10. The molecule has 218 valence electrons. The Hall–Kier alpha value is -2.93. The smallest absolute Gasteiger partial charge is 0.261 e. The average Bonchev–Trinajstić information content (AvgIpc) is 2.97. The van der Waals surface area contributed by atoms with E-state index in [1.165, 1.54) is 10.4 Å². The first-order chi connectivity index (χ1) is 19.7. The Labute approximate surface area is 250 Å². The van der Waals surface area contributed by atoms with Crippen molar-refractivity contribution in [3.63, 3.8) is 0 Å². The Kier molecular flexibility index (Phi) is 10.5. The molecule has 0 aliphatic heterocycles. The van der Waals surface area contributed by atoms with Gasteiger partial charge in [-0.3, -0.25) is 9.59 Å². The quantitative estimate of drug-likeness (QED) is 0.261. The Bertz CT molecular complexity index is 1270. The number of carbonyl (C=O) groups excluding carboxylic acids is 2. The fourth-order valence-corrected chi connectivity index (χ4v) is 10.9. The van der Waals surface area contributed by atoms with Gasteiger partial charge in [-0.25, -0.2) is 0 Å². The van der Waals surface area contributed by atoms with Crippen LogP contribution in [0.1, 0.15) is 63.7 Å². The highest BCUT2D eigenvalue weighted by Gasteiger charge is 2.50. The van der Waals surface area contributed by atoms with Crippen LogP contribution in [0.2, 0.25) is 10.1 Å². The van der Waals surface area contributed by atoms with Crippen LogP contribution in [0.4, 0.5) is 0 Å². The lowest BCUT2D eigenvalue weighted by Crippen LogP contribution is -2.67. The molecular formula is C34H42ClNO4Si. The summed E-state index contributed by atoms with van der Waals surface area (Å²) in [5.41, 5.74) is 0.340. The van der Waals surface area contributed by atoms with E-state index in [9.17, 15) is 9.59 Å². The molecule has 3 aromatic carbocycles. The molecular weight excluding hydrogens is 550 g/mol. The number of hydrogen-bond acceptors (Lipinski definition) is 4. The average molecular weight is 592 g/mol. The van der Waals surface area contributed by atoms with E-state index in [1.807, 2.05) is 6.92 Å². The Morgan fingerprint density at radius 2 is 1.59 bits per heavy atom. The van der Waals surface area contributed by atoms with Gasteiger partial charge in [-0.15, -0.1) is 0 Å². The minimum absolute atomic E-state index is 0.0101. The number of ether oxygens (including phenoxy) is 1. The van der Waals surface area contributed by atoms with Crippen LogP contribution in [0.3, 0.4) is 0 Å². The summed E-state index contributed by atoms with van der Waals surface area (Å²) in [5.74, 6) is 0.357. The molecule has 1 N–H and O–H groups in total. The predicted molar refractivity (Wildman–Crippen MR) is 169 cm³/mol. The summed E-state index contributed by atoms with van der Waals surface area (Å²) < 4.78 is 12.7. The van der Waals surface area contributed by atoms with E-state index < -0.39 is 8.32 Å². The fourth-order valence-electron chi connectivity index (χ4n) is 6.11. The maximum Gasteiger partial charge on any atom is 0.261 e. The van der Waals surface area contributed by atoms with Gasteiger partial charge in [0.1, 0.15) is 5.75 Å².